The lowest BCUT2D eigenvalue weighted by Gasteiger charge is -2.45. The number of methoxy groups -OCH3 is 1. The highest BCUT2D eigenvalue weighted by Crippen LogP contribution is 2.29. The molecule has 7 nitrogen and oxygen atoms in total. The second-order valence-electron chi connectivity index (χ2n) is 8.16. The molecule has 3 aliphatic heterocycles. The summed E-state index contributed by atoms with van der Waals surface area (Å²) in [4.78, 5) is 16.8. The van der Waals surface area contributed by atoms with Crippen LogP contribution in [-0.4, -0.2) is 79.8 Å². The summed E-state index contributed by atoms with van der Waals surface area (Å²) >= 11 is 0. The van der Waals surface area contributed by atoms with Gasteiger partial charge in [0.2, 0.25) is 5.91 Å². The van der Waals surface area contributed by atoms with Gasteiger partial charge in [-0.2, -0.15) is 0 Å². The number of nitrogens with one attached hydrogen (secondary N) is 2. The minimum absolute atomic E-state index is 0.00348. The monoisotopic (exact) mass is 406 g/mol. The summed E-state index contributed by atoms with van der Waals surface area (Å²) in [5, 5.41) is 6.57. The second kappa shape index (κ2) is 8.95. The maximum absolute atomic E-state index is 14.9. The topological polar surface area (TPSA) is 66.1 Å². The molecule has 3 heterocycles. The Morgan fingerprint density at radius 1 is 1.31 bits per heavy atom. The van der Waals surface area contributed by atoms with Crippen molar-refractivity contribution in [3.05, 3.63) is 29.8 Å². The van der Waals surface area contributed by atoms with Crippen LogP contribution in [0.25, 0.3) is 0 Å². The summed E-state index contributed by atoms with van der Waals surface area (Å²) in [5.41, 5.74) is 0.982. The number of halogens is 1. The van der Waals surface area contributed by atoms with E-state index in [1.807, 2.05) is 31.2 Å². The minimum atomic E-state index is -0.942. The first-order chi connectivity index (χ1) is 14.0. The van der Waals surface area contributed by atoms with Crippen LogP contribution in [0.1, 0.15) is 25.3 Å². The first-order valence-electron chi connectivity index (χ1n) is 10.5. The van der Waals surface area contributed by atoms with Gasteiger partial charge in [0.25, 0.3) is 0 Å². The fraction of sp³-hybridized carbons (Fsp3) is 0.667. The van der Waals surface area contributed by atoms with Gasteiger partial charge < -0.3 is 14.8 Å². The Balaban J connectivity index is 1.48. The summed E-state index contributed by atoms with van der Waals surface area (Å²) < 4.78 is 25.9. The third-order valence-corrected chi connectivity index (χ3v) is 6.20. The van der Waals surface area contributed by atoms with Gasteiger partial charge in [0.1, 0.15) is 18.2 Å². The van der Waals surface area contributed by atoms with Gasteiger partial charge in [0.15, 0.2) is 0 Å². The normalized spacial score (nSPS) is 34.2. The summed E-state index contributed by atoms with van der Waals surface area (Å²) in [6.07, 6.45) is 0.168. The number of likely N-dealkylation sites (tertiary alicyclic amines) is 1. The lowest BCUT2D eigenvalue weighted by atomic mass is 10.0. The second-order valence-corrected chi connectivity index (χ2v) is 8.16. The van der Waals surface area contributed by atoms with E-state index in [1.54, 1.807) is 7.11 Å². The Kier molecular flexibility index (Phi) is 6.34. The maximum atomic E-state index is 14.9. The number of amides is 1. The molecular weight excluding hydrogens is 375 g/mol. The van der Waals surface area contributed by atoms with Crippen molar-refractivity contribution in [2.75, 3.05) is 33.4 Å². The van der Waals surface area contributed by atoms with Crippen LogP contribution < -0.4 is 15.4 Å². The van der Waals surface area contributed by atoms with E-state index < -0.39 is 6.17 Å². The third-order valence-electron chi connectivity index (χ3n) is 6.20. The molecule has 0 spiro atoms. The molecule has 3 fully saturated rings. The van der Waals surface area contributed by atoms with Gasteiger partial charge in [-0.3, -0.25) is 19.9 Å². The SMILES string of the molecule is COc1ccccc1C[C@H]1[C@@H](F)CCN1C1NC(=O)CC(N2CCO[C@H](C)C2)N1. The predicted molar refractivity (Wildman–Crippen MR) is 107 cm³/mol. The van der Waals surface area contributed by atoms with Crippen LogP contribution in [0.3, 0.4) is 0 Å². The summed E-state index contributed by atoms with van der Waals surface area (Å²) in [7, 11) is 1.63. The standard InChI is InChI=1S/C21H31FN4O3/c1-14-13-25(9-10-29-14)19-12-20(27)24-21(23-19)26-8-7-16(22)17(26)11-15-5-3-4-6-18(15)28-2/h3-6,14,16-17,19,21,23H,7-13H2,1-2H3,(H,24,27)/t14-,16+,17+,19?,21?/m1/s1. The van der Waals surface area contributed by atoms with Crippen molar-refractivity contribution in [3.8, 4) is 5.75 Å². The Morgan fingerprint density at radius 3 is 2.93 bits per heavy atom. The van der Waals surface area contributed by atoms with Gasteiger partial charge in [-0.15, -0.1) is 0 Å². The quantitative estimate of drug-likeness (QED) is 0.763. The number of ether oxygens (including phenoxy) is 2. The molecule has 1 aromatic rings. The highest BCUT2D eigenvalue weighted by Gasteiger charge is 2.42. The number of carbonyl (C=O) groups excluding carboxylic acids is 1. The van der Waals surface area contributed by atoms with Crippen molar-refractivity contribution in [1.82, 2.24) is 20.4 Å². The Labute approximate surface area is 171 Å². The Bertz CT molecular complexity index is 721. The number of hydrogen-bond acceptors (Lipinski definition) is 6. The first kappa shape index (κ1) is 20.5. The van der Waals surface area contributed by atoms with E-state index in [2.05, 4.69) is 20.4 Å². The van der Waals surface area contributed by atoms with Crippen LogP contribution in [0.4, 0.5) is 4.39 Å². The zero-order valence-electron chi connectivity index (χ0n) is 17.1. The minimum Gasteiger partial charge on any atom is -0.496 e. The molecule has 2 unspecified atom stereocenters. The van der Waals surface area contributed by atoms with Crippen molar-refractivity contribution in [1.29, 1.82) is 0 Å². The molecule has 2 N–H and O–H groups in total. The van der Waals surface area contributed by atoms with E-state index in [0.717, 1.165) is 24.4 Å². The number of alkyl halides is 1. The van der Waals surface area contributed by atoms with E-state index in [1.165, 1.54) is 0 Å². The summed E-state index contributed by atoms with van der Waals surface area (Å²) in [5.74, 6) is 0.767. The lowest BCUT2D eigenvalue weighted by molar-refractivity contribution is -0.132. The van der Waals surface area contributed by atoms with Gasteiger partial charge in [-0.25, -0.2) is 4.39 Å². The smallest absolute Gasteiger partial charge is 0.225 e. The van der Waals surface area contributed by atoms with E-state index in [9.17, 15) is 9.18 Å². The van der Waals surface area contributed by atoms with E-state index in [-0.39, 0.29) is 30.5 Å². The molecule has 29 heavy (non-hydrogen) atoms. The molecule has 1 aromatic carbocycles. The molecule has 0 saturated carbocycles. The molecule has 1 amide bonds. The van der Waals surface area contributed by atoms with Gasteiger partial charge >= 0.3 is 0 Å². The number of hydrogen-bond donors (Lipinski definition) is 2. The Morgan fingerprint density at radius 2 is 2.14 bits per heavy atom. The molecule has 3 saturated heterocycles. The van der Waals surface area contributed by atoms with E-state index >= 15 is 0 Å². The largest absolute Gasteiger partial charge is 0.496 e. The van der Waals surface area contributed by atoms with Crippen LogP contribution in [0.2, 0.25) is 0 Å². The van der Waals surface area contributed by atoms with Crippen molar-refractivity contribution in [2.24, 2.45) is 0 Å². The fourth-order valence-corrected chi connectivity index (χ4v) is 4.71. The molecule has 0 radical (unpaired) electrons. The van der Waals surface area contributed by atoms with Gasteiger partial charge in [0, 0.05) is 25.7 Å². The lowest BCUT2D eigenvalue weighted by Crippen LogP contribution is -2.69. The average Bonchev–Trinajstić information content (AvgIpc) is 3.08. The zero-order valence-corrected chi connectivity index (χ0v) is 17.1. The molecule has 4 rings (SSSR count). The molecule has 3 aliphatic rings. The van der Waals surface area contributed by atoms with Crippen LogP contribution in [-0.2, 0) is 16.0 Å². The van der Waals surface area contributed by atoms with Crippen molar-refractivity contribution >= 4 is 5.91 Å². The van der Waals surface area contributed by atoms with Gasteiger partial charge in [0.05, 0.1) is 32.4 Å². The number of benzene rings is 1. The van der Waals surface area contributed by atoms with Crippen molar-refractivity contribution in [3.63, 3.8) is 0 Å². The average molecular weight is 407 g/mol. The number of para-hydroxylation sites is 1. The number of morpholine rings is 1. The van der Waals surface area contributed by atoms with Gasteiger partial charge in [-0.05, 0) is 31.4 Å². The molecule has 8 heteroatoms. The molecule has 0 aliphatic carbocycles. The number of nitrogens with zero attached hydrogens (tertiary/aromatic N) is 2. The van der Waals surface area contributed by atoms with E-state index in [4.69, 9.17) is 9.47 Å². The van der Waals surface area contributed by atoms with Crippen LogP contribution in [0.5, 0.6) is 5.75 Å². The highest BCUT2D eigenvalue weighted by atomic mass is 19.1. The van der Waals surface area contributed by atoms with Crippen LogP contribution in [0, 0.1) is 0 Å². The Hall–Kier alpha value is -1.74. The maximum Gasteiger partial charge on any atom is 0.225 e. The number of carbonyl (C=O) groups is 1. The third kappa shape index (κ3) is 4.55. The molecular formula is C21H31FN4O3. The highest BCUT2D eigenvalue weighted by molar-refractivity contribution is 5.77. The molecule has 160 valence electrons. The fourth-order valence-electron chi connectivity index (χ4n) is 4.71. The van der Waals surface area contributed by atoms with Crippen LogP contribution in [0.15, 0.2) is 24.3 Å². The van der Waals surface area contributed by atoms with Crippen LogP contribution >= 0.6 is 0 Å². The molecule has 0 bridgehead atoms. The summed E-state index contributed by atoms with van der Waals surface area (Å²) in [6, 6.07) is 7.43. The van der Waals surface area contributed by atoms with E-state index in [0.29, 0.717) is 32.4 Å². The van der Waals surface area contributed by atoms with Crippen molar-refractivity contribution < 1.29 is 18.7 Å². The van der Waals surface area contributed by atoms with Gasteiger partial charge in [-0.1, -0.05) is 18.2 Å². The first-order valence-corrected chi connectivity index (χ1v) is 10.5. The van der Waals surface area contributed by atoms with Crippen molar-refractivity contribution in [2.45, 2.75) is 57.0 Å². The molecule has 0 aromatic heterocycles. The zero-order chi connectivity index (χ0) is 20.4. The predicted octanol–water partition coefficient (Wildman–Crippen LogP) is 1.09. The summed E-state index contributed by atoms with van der Waals surface area (Å²) in [6.45, 7) is 4.89. The number of rotatable bonds is 5. The molecule has 5 atom stereocenters.